The molecule has 0 spiro atoms. The van der Waals surface area contributed by atoms with Gasteiger partial charge in [-0.1, -0.05) is 20.8 Å². The van der Waals surface area contributed by atoms with E-state index >= 15 is 0 Å². The van der Waals surface area contributed by atoms with E-state index in [2.05, 4.69) is 0 Å². The Hall–Kier alpha value is -0.930. The van der Waals surface area contributed by atoms with Crippen molar-refractivity contribution < 1.29 is 18.7 Å². The predicted molar refractivity (Wildman–Crippen MR) is 50.6 cm³/mol. The van der Waals surface area contributed by atoms with Crippen LogP contribution in [-0.4, -0.2) is 24.5 Å². The highest BCUT2D eigenvalue weighted by molar-refractivity contribution is 5.97. The van der Waals surface area contributed by atoms with Gasteiger partial charge in [-0.3, -0.25) is 9.59 Å². The normalized spacial score (nSPS) is 12.6. The van der Waals surface area contributed by atoms with Crippen molar-refractivity contribution in [3.05, 3.63) is 0 Å². The van der Waals surface area contributed by atoms with Crippen molar-refractivity contribution in [3.63, 3.8) is 0 Å². The molecule has 0 fully saturated rings. The summed E-state index contributed by atoms with van der Waals surface area (Å²) in [6, 6.07) is 0. The first kappa shape index (κ1) is 13.1. The van der Waals surface area contributed by atoms with Crippen LogP contribution in [0.25, 0.3) is 0 Å². The maximum absolute atomic E-state index is 12.7. The molecule has 0 aromatic rings. The first-order valence-electron chi connectivity index (χ1n) is 4.79. The minimum absolute atomic E-state index is 0.107. The van der Waals surface area contributed by atoms with Crippen LogP contribution in [0.4, 0.5) is 4.39 Å². The molecule has 0 heterocycles. The molecule has 0 amide bonds. The third-order valence-electron chi connectivity index (χ3n) is 1.60. The van der Waals surface area contributed by atoms with Crippen LogP contribution in [0.3, 0.4) is 0 Å². The Labute approximate surface area is 83.6 Å². The third-order valence-corrected chi connectivity index (χ3v) is 1.60. The third kappa shape index (κ3) is 5.67. The summed E-state index contributed by atoms with van der Waals surface area (Å²) in [5, 5.41) is 0. The van der Waals surface area contributed by atoms with Gasteiger partial charge in [0, 0.05) is 0 Å². The minimum Gasteiger partial charge on any atom is -0.465 e. The van der Waals surface area contributed by atoms with E-state index in [-0.39, 0.29) is 18.9 Å². The summed E-state index contributed by atoms with van der Waals surface area (Å²) in [6.07, 6.45) is -1.89. The van der Waals surface area contributed by atoms with Gasteiger partial charge in [0.05, 0.1) is 6.61 Å². The van der Waals surface area contributed by atoms with Gasteiger partial charge in [0.1, 0.15) is 6.42 Å². The summed E-state index contributed by atoms with van der Waals surface area (Å²) in [5.41, 5.74) is 0. The lowest BCUT2D eigenvalue weighted by atomic mass is 10.1. The summed E-state index contributed by atoms with van der Waals surface area (Å²) in [4.78, 5) is 21.9. The number of rotatable bonds is 6. The van der Waals surface area contributed by atoms with Crippen molar-refractivity contribution in [3.8, 4) is 0 Å². The number of esters is 1. The Morgan fingerprint density at radius 2 is 1.93 bits per heavy atom. The summed E-state index contributed by atoms with van der Waals surface area (Å²) in [7, 11) is 0. The lowest BCUT2D eigenvalue weighted by molar-refractivity contribution is -0.148. The predicted octanol–water partition coefficient (Wildman–Crippen LogP) is 1.89. The topological polar surface area (TPSA) is 43.4 Å². The van der Waals surface area contributed by atoms with Crippen LogP contribution in [0.5, 0.6) is 0 Å². The van der Waals surface area contributed by atoms with Gasteiger partial charge in [-0.25, -0.2) is 4.39 Å². The zero-order chi connectivity index (χ0) is 11.1. The molecule has 0 saturated heterocycles. The number of halogens is 1. The number of alkyl halides is 1. The lowest BCUT2D eigenvalue weighted by Crippen LogP contribution is -2.21. The molecule has 82 valence electrons. The van der Waals surface area contributed by atoms with Crippen LogP contribution in [0.2, 0.25) is 0 Å². The second-order valence-electron chi connectivity index (χ2n) is 3.60. The Morgan fingerprint density at radius 1 is 1.36 bits per heavy atom. The van der Waals surface area contributed by atoms with Gasteiger partial charge in [0.25, 0.3) is 0 Å². The van der Waals surface area contributed by atoms with Crippen molar-refractivity contribution in [2.45, 2.75) is 39.8 Å². The number of ketones is 1. The molecule has 1 unspecified atom stereocenters. The minimum atomic E-state index is -1.54. The van der Waals surface area contributed by atoms with Crippen LogP contribution in [0.15, 0.2) is 0 Å². The Kier molecular flexibility index (Phi) is 6.08. The smallest absolute Gasteiger partial charge is 0.313 e. The molecule has 14 heavy (non-hydrogen) atoms. The molecular weight excluding hydrogens is 187 g/mol. The molecule has 0 aliphatic heterocycles. The molecule has 0 radical (unpaired) electrons. The van der Waals surface area contributed by atoms with E-state index < -0.39 is 24.3 Å². The highest BCUT2D eigenvalue weighted by Gasteiger charge is 2.19. The second kappa shape index (κ2) is 6.51. The quantitative estimate of drug-likeness (QED) is 0.490. The molecule has 0 saturated carbocycles. The lowest BCUT2D eigenvalue weighted by Gasteiger charge is -2.07. The molecule has 0 rings (SSSR count). The Bertz CT molecular complexity index is 202. The SMILES string of the molecule is CCC(F)C(=O)CC(=O)OCC(C)C. The maximum atomic E-state index is 12.7. The summed E-state index contributed by atoms with van der Waals surface area (Å²) in [6.45, 7) is 5.61. The Balaban J connectivity index is 3.77. The summed E-state index contributed by atoms with van der Waals surface area (Å²) in [5.74, 6) is -1.11. The largest absolute Gasteiger partial charge is 0.465 e. The zero-order valence-electron chi connectivity index (χ0n) is 8.88. The van der Waals surface area contributed by atoms with E-state index in [0.29, 0.717) is 0 Å². The number of hydrogen-bond donors (Lipinski definition) is 0. The first-order chi connectivity index (χ1) is 6.47. The van der Waals surface area contributed by atoms with E-state index in [0.717, 1.165) is 0 Å². The molecule has 0 aliphatic rings. The molecule has 1 atom stereocenters. The number of Topliss-reactive ketones (excluding diaryl/α,β-unsaturated/α-hetero) is 1. The van der Waals surface area contributed by atoms with Gasteiger partial charge in [0.2, 0.25) is 0 Å². The van der Waals surface area contributed by atoms with Crippen molar-refractivity contribution in [2.75, 3.05) is 6.61 Å². The van der Waals surface area contributed by atoms with Gasteiger partial charge in [0.15, 0.2) is 12.0 Å². The fraction of sp³-hybridized carbons (Fsp3) is 0.800. The van der Waals surface area contributed by atoms with Gasteiger partial charge in [-0.15, -0.1) is 0 Å². The number of carbonyl (C=O) groups excluding carboxylic acids is 2. The first-order valence-corrected chi connectivity index (χ1v) is 4.79. The van der Waals surface area contributed by atoms with Crippen molar-refractivity contribution in [1.82, 2.24) is 0 Å². The fourth-order valence-electron chi connectivity index (χ4n) is 0.791. The van der Waals surface area contributed by atoms with Gasteiger partial charge in [-0.2, -0.15) is 0 Å². The summed E-state index contributed by atoms with van der Waals surface area (Å²) >= 11 is 0. The van der Waals surface area contributed by atoms with Gasteiger partial charge < -0.3 is 4.74 Å². The van der Waals surface area contributed by atoms with E-state index in [1.807, 2.05) is 13.8 Å². The Morgan fingerprint density at radius 3 is 2.36 bits per heavy atom. The average Bonchev–Trinajstić information content (AvgIpc) is 2.13. The van der Waals surface area contributed by atoms with E-state index in [4.69, 9.17) is 4.74 Å². The second-order valence-corrected chi connectivity index (χ2v) is 3.60. The van der Waals surface area contributed by atoms with Crippen LogP contribution >= 0.6 is 0 Å². The van der Waals surface area contributed by atoms with Crippen LogP contribution in [0, 0.1) is 5.92 Å². The van der Waals surface area contributed by atoms with E-state index in [1.54, 1.807) is 6.92 Å². The van der Waals surface area contributed by atoms with Gasteiger partial charge >= 0.3 is 5.97 Å². The highest BCUT2D eigenvalue weighted by Crippen LogP contribution is 2.03. The van der Waals surface area contributed by atoms with Gasteiger partial charge in [-0.05, 0) is 12.3 Å². The molecule has 4 heteroatoms. The molecule has 3 nitrogen and oxygen atoms in total. The summed E-state index contributed by atoms with van der Waals surface area (Å²) < 4.78 is 17.5. The molecule has 0 bridgehead atoms. The fourth-order valence-corrected chi connectivity index (χ4v) is 0.791. The maximum Gasteiger partial charge on any atom is 0.313 e. The molecule has 0 aromatic heterocycles. The van der Waals surface area contributed by atoms with E-state index in [9.17, 15) is 14.0 Å². The number of carbonyl (C=O) groups is 2. The van der Waals surface area contributed by atoms with Crippen LogP contribution in [-0.2, 0) is 14.3 Å². The van der Waals surface area contributed by atoms with Crippen molar-refractivity contribution in [2.24, 2.45) is 5.92 Å². The molecular formula is C10H17FO3. The molecule has 0 N–H and O–H groups in total. The number of hydrogen-bond acceptors (Lipinski definition) is 3. The zero-order valence-corrected chi connectivity index (χ0v) is 8.88. The standard InChI is InChI=1S/C10H17FO3/c1-4-8(11)9(12)5-10(13)14-6-7(2)3/h7-8H,4-6H2,1-3H3. The van der Waals surface area contributed by atoms with Crippen LogP contribution in [0.1, 0.15) is 33.6 Å². The monoisotopic (exact) mass is 204 g/mol. The molecule has 0 aromatic carbocycles. The van der Waals surface area contributed by atoms with Crippen molar-refractivity contribution in [1.29, 1.82) is 0 Å². The highest BCUT2D eigenvalue weighted by atomic mass is 19.1. The average molecular weight is 204 g/mol. The number of ether oxygens (including phenoxy) is 1. The van der Waals surface area contributed by atoms with E-state index in [1.165, 1.54) is 0 Å². The van der Waals surface area contributed by atoms with Crippen LogP contribution < -0.4 is 0 Å². The molecule has 0 aliphatic carbocycles. The van der Waals surface area contributed by atoms with Crippen molar-refractivity contribution >= 4 is 11.8 Å².